The third-order valence-corrected chi connectivity index (χ3v) is 4.36. The van der Waals surface area contributed by atoms with Crippen LogP contribution in [0.4, 0.5) is 0 Å². The van der Waals surface area contributed by atoms with E-state index in [0.29, 0.717) is 6.04 Å². The van der Waals surface area contributed by atoms with Crippen molar-refractivity contribution in [3.05, 3.63) is 0 Å². The van der Waals surface area contributed by atoms with Gasteiger partial charge >= 0.3 is 5.97 Å². The standard InChI is InChI=1S/C15H29NO2/c1-5-6-7-14(15(17)18-4)16(3)13-10-8-12(2)9-11-13/h12-14H,5-11H2,1-4H3. The van der Waals surface area contributed by atoms with Crippen molar-refractivity contribution in [3.8, 4) is 0 Å². The zero-order chi connectivity index (χ0) is 13.5. The van der Waals surface area contributed by atoms with Gasteiger partial charge < -0.3 is 4.74 Å². The topological polar surface area (TPSA) is 29.5 Å². The monoisotopic (exact) mass is 255 g/mol. The van der Waals surface area contributed by atoms with Crippen LogP contribution in [0.3, 0.4) is 0 Å². The lowest BCUT2D eigenvalue weighted by Gasteiger charge is -2.37. The summed E-state index contributed by atoms with van der Waals surface area (Å²) >= 11 is 0. The highest BCUT2D eigenvalue weighted by molar-refractivity contribution is 5.75. The van der Waals surface area contributed by atoms with Crippen LogP contribution >= 0.6 is 0 Å². The Labute approximate surface area is 112 Å². The summed E-state index contributed by atoms with van der Waals surface area (Å²) in [6.07, 6.45) is 8.16. The number of methoxy groups -OCH3 is 1. The van der Waals surface area contributed by atoms with Crippen molar-refractivity contribution in [1.29, 1.82) is 0 Å². The normalized spacial score (nSPS) is 26.1. The van der Waals surface area contributed by atoms with Gasteiger partial charge in [0, 0.05) is 6.04 Å². The zero-order valence-electron chi connectivity index (χ0n) is 12.4. The first kappa shape index (κ1) is 15.5. The lowest BCUT2D eigenvalue weighted by atomic mass is 9.86. The van der Waals surface area contributed by atoms with Crippen molar-refractivity contribution in [3.63, 3.8) is 0 Å². The molecular weight excluding hydrogens is 226 g/mol. The summed E-state index contributed by atoms with van der Waals surface area (Å²) in [6, 6.07) is 0.510. The van der Waals surface area contributed by atoms with Crippen LogP contribution in [0.5, 0.6) is 0 Å². The number of carbonyl (C=O) groups excluding carboxylic acids is 1. The molecule has 0 aromatic carbocycles. The third-order valence-electron chi connectivity index (χ3n) is 4.36. The SMILES string of the molecule is CCCCC(C(=O)OC)N(C)C1CCC(C)CC1. The van der Waals surface area contributed by atoms with Crippen LogP contribution in [0.15, 0.2) is 0 Å². The molecule has 1 rings (SSSR count). The van der Waals surface area contributed by atoms with Crippen LogP contribution in [-0.2, 0) is 9.53 Å². The van der Waals surface area contributed by atoms with E-state index >= 15 is 0 Å². The van der Waals surface area contributed by atoms with Gasteiger partial charge in [0.15, 0.2) is 0 Å². The molecule has 1 unspecified atom stereocenters. The summed E-state index contributed by atoms with van der Waals surface area (Å²) < 4.78 is 4.96. The predicted octanol–water partition coefficient (Wildman–Crippen LogP) is 3.23. The van der Waals surface area contributed by atoms with Gasteiger partial charge in [0.2, 0.25) is 0 Å². The molecule has 0 saturated heterocycles. The Morgan fingerprint density at radius 1 is 1.33 bits per heavy atom. The minimum atomic E-state index is -0.0652. The molecule has 1 aliphatic carbocycles. The van der Waals surface area contributed by atoms with Crippen molar-refractivity contribution < 1.29 is 9.53 Å². The molecular formula is C15H29NO2. The van der Waals surface area contributed by atoms with E-state index in [1.165, 1.54) is 32.8 Å². The van der Waals surface area contributed by atoms with Gasteiger partial charge in [-0.05, 0) is 45.1 Å². The Morgan fingerprint density at radius 3 is 2.44 bits per heavy atom. The van der Waals surface area contributed by atoms with Crippen molar-refractivity contribution in [2.75, 3.05) is 14.2 Å². The van der Waals surface area contributed by atoms with Gasteiger partial charge in [-0.3, -0.25) is 9.69 Å². The molecule has 3 heteroatoms. The quantitative estimate of drug-likeness (QED) is 0.682. The van der Waals surface area contributed by atoms with Crippen molar-refractivity contribution in [2.45, 2.75) is 70.9 Å². The first-order valence-electron chi connectivity index (χ1n) is 7.39. The van der Waals surface area contributed by atoms with Crippen LogP contribution in [0.2, 0.25) is 0 Å². The highest BCUT2D eigenvalue weighted by atomic mass is 16.5. The lowest BCUT2D eigenvalue weighted by Crippen LogP contribution is -2.46. The second-order valence-electron chi connectivity index (χ2n) is 5.76. The third kappa shape index (κ3) is 4.27. The Bertz CT molecular complexity index is 247. The molecule has 0 spiro atoms. The van der Waals surface area contributed by atoms with Gasteiger partial charge in [-0.25, -0.2) is 0 Å². The molecule has 0 heterocycles. The number of nitrogens with zero attached hydrogens (tertiary/aromatic N) is 1. The average Bonchev–Trinajstić information content (AvgIpc) is 2.39. The molecule has 1 atom stereocenters. The summed E-state index contributed by atoms with van der Waals surface area (Å²) in [5.41, 5.74) is 0. The van der Waals surface area contributed by atoms with Gasteiger partial charge in [-0.2, -0.15) is 0 Å². The summed E-state index contributed by atoms with van der Waals surface area (Å²) in [7, 11) is 3.59. The smallest absolute Gasteiger partial charge is 0.323 e. The van der Waals surface area contributed by atoms with Gasteiger partial charge in [-0.15, -0.1) is 0 Å². The highest BCUT2D eigenvalue weighted by Crippen LogP contribution is 2.28. The number of ether oxygens (including phenoxy) is 1. The summed E-state index contributed by atoms with van der Waals surface area (Å²) in [5.74, 6) is 0.784. The molecule has 1 fully saturated rings. The first-order valence-corrected chi connectivity index (χ1v) is 7.39. The molecule has 0 aromatic rings. The minimum Gasteiger partial charge on any atom is -0.468 e. The largest absolute Gasteiger partial charge is 0.468 e. The fourth-order valence-corrected chi connectivity index (χ4v) is 2.93. The van der Waals surface area contributed by atoms with E-state index < -0.39 is 0 Å². The summed E-state index contributed by atoms with van der Waals surface area (Å²) in [5, 5.41) is 0. The van der Waals surface area contributed by atoms with Gasteiger partial charge in [0.1, 0.15) is 6.04 Å². The molecule has 0 N–H and O–H groups in total. The Balaban J connectivity index is 2.57. The van der Waals surface area contributed by atoms with Crippen LogP contribution in [0.25, 0.3) is 0 Å². The molecule has 0 amide bonds. The lowest BCUT2D eigenvalue weighted by molar-refractivity contribution is -0.148. The maximum atomic E-state index is 11.9. The number of rotatable bonds is 6. The maximum absolute atomic E-state index is 11.9. The number of hydrogen-bond acceptors (Lipinski definition) is 3. The minimum absolute atomic E-state index is 0.0478. The molecule has 0 aromatic heterocycles. The fourth-order valence-electron chi connectivity index (χ4n) is 2.93. The van der Waals surface area contributed by atoms with Crippen LogP contribution in [0, 0.1) is 5.92 Å². The van der Waals surface area contributed by atoms with Crippen molar-refractivity contribution in [2.24, 2.45) is 5.92 Å². The van der Waals surface area contributed by atoms with Crippen LogP contribution in [0.1, 0.15) is 58.8 Å². The number of esters is 1. The van der Waals surface area contributed by atoms with Crippen LogP contribution in [-0.4, -0.2) is 37.1 Å². The highest BCUT2D eigenvalue weighted by Gasteiger charge is 2.30. The molecule has 1 saturated carbocycles. The fraction of sp³-hybridized carbons (Fsp3) is 0.933. The number of unbranched alkanes of at least 4 members (excludes halogenated alkanes) is 1. The van der Waals surface area contributed by atoms with E-state index in [9.17, 15) is 4.79 Å². The number of likely N-dealkylation sites (N-methyl/N-ethyl adjacent to an activating group) is 1. The first-order chi connectivity index (χ1) is 8.60. The molecule has 3 nitrogen and oxygen atoms in total. The van der Waals surface area contributed by atoms with Gasteiger partial charge in [0.25, 0.3) is 0 Å². The van der Waals surface area contributed by atoms with Gasteiger partial charge in [-0.1, -0.05) is 26.7 Å². The number of carbonyl (C=O) groups is 1. The molecule has 106 valence electrons. The van der Waals surface area contributed by atoms with E-state index in [-0.39, 0.29) is 12.0 Å². The Kier molecular flexibility index (Phi) is 6.69. The Morgan fingerprint density at radius 2 is 1.94 bits per heavy atom. The summed E-state index contributed by atoms with van der Waals surface area (Å²) in [4.78, 5) is 14.2. The van der Waals surface area contributed by atoms with E-state index in [4.69, 9.17) is 4.74 Å². The second-order valence-corrected chi connectivity index (χ2v) is 5.76. The average molecular weight is 255 g/mol. The van der Waals surface area contributed by atoms with E-state index in [0.717, 1.165) is 25.2 Å². The van der Waals surface area contributed by atoms with Crippen molar-refractivity contribution >= 4 is 5.97 Å². The summed E-state index contributed by atoms with van der Waals surface area (Å²) in [6.45, 7) is 4.49. The van der Waals surface area contributed by atoms with Gasteiger partial charge in [0.05, 0.1) is 7.11 Å². The molecule has 0 radical (unpaired) electrons. The molecule has 1 aliphatic rings. The predicted molar refractivity (Wildman–Crippen MR) is 74.5 cm³/mol. The van der Waals surface area contributed by atoms with E-state index in [1.807, 2.05) is 0 Å². The van der Waals surface area contributed by atoms with Crippen LogP contribution < -0.4 is 0 Å². The molecule has 0 aliphatic heterocycles. The van der Waals surface area contributed by atoms with E-state index in [1.54, 1.807) is 0 Å². The maximum Gasteiger partial charge on any atom is 0.323 e. The zero-order valence-corrected chi connectivity index (χ0v) is 12.4. The molecule has 0 bridgehead atoms. The van der Waals surface area contributed by atoms with Crippen molar-refractivity contribution in [1.82, 2.24) is 4.90 Å². The second kappa shape index (κ2) is 7.78. The Hall–Kier alpha value is -0.570. The van der Waals surface area contributed by atoms with E-state index in [2.05, 4.69) is 25.8 Å². The molecule has 18 heavy (non-hydrogen) atoms. The number of hydrogen-bond donors (Lipinski definition) is 0.